The molecule has 126 valence electrons. The molecule has 0 saturated heterocycles. The highest BCUT2D eigenvalue weighted by molar-refractivity contribution is 6.33. The van der Waals surface area contributed by atoms with Gasteiger partial charge in [-0.05, 0) is 6.07 Å². The fraction of sp³-hybridized carbons (Fsp3) is 0.214. The van der Waals surface area contributed by atoms with Crippen LogP contribution in [0.25, 0.3) is 16.9 Å². The van der Waals surface area contributed by atoms with Crippen LogP contribution in [0.5, 0.6) is 0 Å². The van der Waals surface area contributed by atoms with E-state index in [-0.39, 0.29) is 27.9 Å². The van der Waals surface area contributed by atoms with Crippen molar-refractivity contribution < 1.29 is 17.6 Å². The molecule has 0 aliphatic carbocycles. The van der Waals surface area contributed by atoms with Crippen LogP contribution in [0.15, 0.2) is 30.6 Å². The largest absolute Gasteiger partial charge is 0.405 e. The third-order valence-electron chi connectivity index (χ3n) is 3.28. The molecule has 0 fully saturated rings. The summed E-state index contributed by atoms with van der Waals surface area (Å²) in [6.45, 7) is -1.27. The van der Waals surface area contributed by atoms with E-state index in [1.54, 1.807) is 6.07 Å². The van der Waals surface area contributed by atoms with Gasteiger partial charge in [-0.3, -0.25) is 0 Å². The van der Waals surface area contributed by atoms with Gasteiger partial charge in [0, 0.05) is 12.6 Å². The van der Waals surface area contributed by atoms with E-state index in [1.807, 2.05) is 0 Å². The van der Waals surface area contributed by atoms with Gasteiger partial charge in [0.25, 0.3) is 5.78 Å². The van der Waals surface area contributed by atoms with Crippen LogP contribution in [-0.4, -0.2) is 39.4 Å². The van der Waals surface area contributed by atoms with Crippen molar-refractivity contribution in [3.05, 3.63) is 41.6 Å². The van der Waals surface area contributed by atoms with E-state index in [1.165, 1.54) is 25.2 Å². The van der Waals surface area contributed by atoms with Crippen LogP contribution in [0.4, 0.5) is 23.4 Å². The molecular formula is C14H10ClF4N5. The van der Waals surface area contributed by atoms with Gasteiger partial charge in [0.2, 0.25) is 0 Å². The summed E-state index contributed by atoms with van der Waals surface area (Å²) in [7, 11) is 1.21. The molecule has 0 aliphatic rings. The summed E-state index contributed by atoms with van der Waals surface area (Å²) >= 11 is 6.12. The van der Waals surface area contributed by atoms with Crippen molar-refractivity contribution in [1.29, 1.82) is 0 Å². The molecule has 24 heavy (non-hydrogen) atoms. The van der Waals surface area contributed by atoms with Gasteiger partial charge in [-0.25, -0.2) is 4.39 Å². The first-order valence-corrected chi connectivity index (χ1v) is 7.08. The second-order valence-corrected chi connectivity index (χ2v) is 5.38. The minimum absolute atomic E-state index is 0.0134. The van der Waals surface area contributed by atoms with Gasteiger partial charge in [0.15, 0.2) is 0 Å². The van der Waals surface area contributed by atoms with Gasteiger partial charge in [0.05, 0.1) is 5.56 Å². The standard InChI is InChI=1S/C14H10ClF4N5/c1-23(6-14(17,18)19)12-10(8-4-2-3-5-9(8)16)11(15)22-13-20-7-21-24(12)13/h2-5,7H,6H2,1H3. The minimum atomic E-state index is -4.47. The Kier molecular flexibility index (Phi) is 4.04. The maximum Gasteiger partial charge on any atom is 0.405 e. The highest BCUT2D eigenvalue weighted by Gasteiger charge is 2.32. The summed E-state index contributed by atoms with van der Waals surface area (Å²) in [5.41, 5.74) is 0.0379. The Bertz CT molecular complexity index is 892. The normalized spacial score (nSPS) is 11.9. The van der Waals surface area contributed by atoms with Gasteiger partial charge < -0.3 is 4.90 Å². The van der Waals surface area contributed by atoms with E-state index in [2.05, 4.69) is 15.1 Å². The number of anilines is 1. The Morgan fingerprint density at radius 1 is 1.25 bits per heavy atom. The SMILES string of the molecule is CN(CC(F)(F)F)c1c(-c2ccccc2F)c(Cl)nc2ncnn12. The monoisotopic (exact) mass is 359 g/mol. The summed E-state index contributed by atoms with van der Waals surface area (Å²) in [4.78, 5) is 8.69. The van der Waals surface area contributed by atoms with Crippen LogP contribution in [0.2, 0.25) is 5.15 Å². The highest BCUT2D eigenvalue weighted by Crippen LogP contribution is 2.37. The molecular weight excluding hydrogens is 350 g/mol. The van der Waals surface area contributed by atoms with Crippen LogP contribution >= 0.6 is 11.6 Å². The van der Waals surface area contributed by atoms with Crippen molar-refractivity contribution >= 4 is 23.2 Å². The number of fused-ring (bicyclic) bond motifs is 1. The highest BCUT2D eigenvalue weighted by atomic mass is 35.5. The van der Waals surface area contributed by atoms with Gasteiger partial charge in [-0.15, -0.1) is 0 Å². The Morgan fingerprint density at radius 2 is 1.96 bits per heavy atom. The lowest BCUT2D eigenvalue weighted by molar-refractivity contribution is -0.119. The number of benzene rings is 1. The Morgan fingerprint density at radius 3 is 2.62 bits per heavy atom. The summed E-state index contributed by atoms with van der Waals surface area (Å²) in [5, 5.41) is 3.72. The molecule has 0 N–H and O–H groups in total. The van der Waals surface area contributed by atoms with Crippen LogP contribution in [0.1, 0.15) is 0 Å². The quantitative estimate of drug-likeness (QED) is 0.529. The van der Waals surface area contributed by atoms with Gasteiger partial charge in [-0.2, -0.15) is 32.8 Å². The van der Waals surface area contributed by atoms with Crippen molar-refractivity contribution in [3.63, 3.8) is 0 Å². The molecule has 3 aromatic rings. The van der Waals surface area contributed by atoms with Crippen molar-refractivity contribution in [2.24, 2.45) is 0 Å². The molecule has 0 amide bonds. The van der Waals surface area contributed by atoms with E-state index < -0.39 is 18.5 Å². The van der Waals surface area contributed by atoms with Crippen molar-refractivity contribution in [1.82, 2.24) is 19.6 Å². The zero-order valence-corrected chi connectivity index (χ0v) is 13.0. The topological polar surface area (TPSA) is 46.3 Å². The Hall–Kier alpha value is -2.42. The maximum absolute atomic E-state index is 14.2. The first kappa shape index (κ1) is 16.4. The number of alkyl halides is 3. The summed E-state index contributed by atoms with van der Waals surface area (Å²) in [6.07, 6.45) is -3.33. The first-order chi connectivity index (χ1) is 11.3. The molecule has 0 saturated carbocycles. The van der Waals surface area contributed by atoms with Crippen molar-refractivity contribution in [3.8, 4) is 11.1 Å². The zero-order chi connectivity index (χ0) is 17.5. The summed E-state index contributed by atoms with van der Waals surface area (Å²) in [5.74, 6) is -0.670. The molecule has 2 aromatic heterocycles. The predicted molar refractivity (Wildman–Crippen MR) is 80.5 cm³/mol. The number of halogens is 5. The lowest BCUT2D eigenvalue weighted by Gasteiger charge is -2.24. The number of rotatable bonds is 3. The van der Waals surface area contributed by atoms with E-state index in [9.17, 15) is 17.6 Å². The molecule has 2 heterocycles. The van der Waals surface area contributed by atoms with E-state index in [4.69, 9.17) is 11.6 Å². The molecule has 3 rings (SSSR count). The average molecular weight is 360 g/mol. The van der Waals surface area contributed by atoms with E-state index >= 15 is 0 Å². The molecule has 0 atom stereocenters. The maximum atomic E-state index is 14.2. The predicted octanol–water partition coefficient (Wildman–Crippen LogP) is 3.58. The third-order valence-corrected chi connectivity index (χ3v) is 3.55. The van der Waals surface area contributed by atoms with E-state index in [0.29, 0.717) is 0 Å². The Balaban J connectivity index is 2.30. The number of aromatic nitrogens is 4. The molecule has 0 aliphatic heterocycles. The second-order valence-electron chi connectivity index (χ2n) is 5.02. The molecule has 10 heteroatoms. The fourth-order valence-electron chi connectivity index (χ4n) is 2.39. The lowest BCUT2D eigenvalue weighted by atomic mass is 10.1. The van der Waals surface area contributed by atoms with Crippen LogP contribution < -0.4 is 4.90 Å². The van der Waals surface area contributed by atoms with Gasteiger partial charge in [-0.1, -0.05) is 29.8 Å². The Labute approximate surface area is 138 Å². The molecule has 0 radical (unpaired) electrons. The summed E-state index contributed by atoms with van der Waals surface area (Å²) < 4.78 is 53.8. The minimum Gasteiger partial charge on any atom is -0.350 e. The van der Waals surface area contributed by atoms with Crippen molar-refractivity contribution in [2.75, 3.05) is 18.5 Å². The van der Waals surface area contributed by atoms with Crippen LogP contribution in [0.3, 0.4) is 0 Å². The number of hydrogen-bond donors (Lipinski definition) is 0. The lowest BCUT2D eigenvalue weighted by Crippen LogP contribution is -2.33. The van der Waals surface area contributed by atoms with Crippen molar-refractivity contribution in [2.45, 2.75) is 6.18 Å². The van der Waals surface area contributed by atoms with E-state index in [0.717, 1.165) is 15.7 Å². The molecule has 1 aromatic carbocycles. The zero-order valence-electron chi connectivity index (χ0n) is 12.2. The molecule has 5 nitrogen and oxygen atoms in total. The van der Waals surface area contributed by atoms with Crippen LogP contribution in [-0.2, 0) is 0 Å². The first-order valence-electron chi connectivity index (χ1n) is 6.70. The summed E-state index contributed by atoms with van der Waals surface area (Å²) in [6, 6.07) is 5.61. The molecule has 0 unspecified atom stereocenters. The second kappa shape index (κ2) is 5.90. The fourth-order valence-corrected chi connectivity index (χ4v) is 2.66. The number of hydrogen-bond acceptors (Lipinski definition) is 4. The van der Waals surface area contributed by atoms with Gasteiger partial charge in [0.1, 0.15) is 29.7 Å². The third kappa shape index (κ3) is 2.99. The average Bonchev–Trinajstić information content (AvgIpc) is 2.92. The smallest absolute Gasteiger partial charge is 0.350 e. The molecule has 0 bridgehead atoms. The number of nitrogens with zero attached hydrogens (tertiary/aromatic N) is 5. The molecule has 0 spiro atoms. The van der Waals surface area contributed by atoms with Crippen LogP contribution in [0, 0.1) is 5.82 Å². The van der Waals surface area contributed by atoms with Gasteiger partial charge >= 0.3 is 6.18 Å².